The predicted octanol–water partition coefficient (Wildman–Crippen LogP) is 4.40. The third-order valence-corrected chi connectivity index (χ3v) is 5.25. The van der Waals surface area contributed by atoms with Gasteiger partial charge in [0, 0.05) is 25.6 Å². The van der Waals surface area contributed by atoms with Crippen LogP contribution in [0.5, 0.6) is 11.5 Å². The SMILES string of the molecule is CCOc1ccc(OCCCC(=O)N2CC[C@H](NC(=O)OC(C)(C)C)[C@@H](CC)C2)cc1. The second kappa shape index (κ2) is 11.8. The Morgan fingerprint density at radius 3 is 2.32 bits per heavy atom. The van der Waals surface area contributed by atoms with Crippen LogP contribution in [0, 0.1) is 5.92 Å². The van der Waals surface area contributed by atoms with Crippen molar-refractivity contribution in [3.05, 3.63) is 24.3 Å². The Labute approximate surface area is 186 Å². The van der Waals surface area contributed by atoms with Gasteiger partial charge in [-0.2, -0.15) is 0 Å². The molecule has 1 aromatic rings. The summed E-state index contributed by atoms with van der Waals surface area (Å²) in [6, 6.07) is 7.54. The van der Waals surface area contributed by atoms with Gasteiger partial charge in [-0.15, -0.1) is 0 Å². The Morgan fingerprint density at radius 1 is 1.10 bits per heavy atom. The van der Waals surface area contributed by atoms with E-state index in [-0.39, 0.29) is 24.0 Å². The van der Waals surface area contributed by atoms with E-state index in [9.17, 15) is 9.59 Å². The zero-order chi connectivity index (χ0) is 22.9. The van der Waals surface area contributed by atoms with E-state index in [1.54, 1.807) is 0 Å². The van der Waals surface area contributed by atoms with Gasteiger partial charge in [-0.1, -0.05) is 6.92 Å². The van der Waals surface area contributed by atoms with Crippen molar-refractivity contribution in [1.82, 2.24) is 10.2 Å². The fourth-order valence-electron chi connectivity index (χ4n) is 3.69. The molecule has 0 unspecified atom stereocenters. The van der Waals surface area contributed by atoms with Crippen LogP contribution in [0.2, 0.25) is 0 Å². The van der Waals surface area contributed by atoms with Crippen LogP contribution in [-0.4, -0.2) is 54.8 Å². The van der Waals surface area contributed by atoms with Crippen molar-refractivity contribution in [2.75, 3.05) is 26.3 Å². The number of ether oxygens (including phenoxy) is 3. The molecule has 1 saturated heterocycles. The number of piperidine rings is 1. The molecular formula is C24H38N2O5. The minimum absolute atomic E-state index is 0.0342. The first kappa shape index (κ1) is 24.8. The van der Waals surface area contributed by atoms with E-state index in [0.717, 1.165) is 24.3 Å². The van der Waals surface area contributed by atoms with Gasteiger partial charge in [0.25, 0.3) is 0 Å². The van der Waals surface area contributed by atoms with E-state index in [2.05, 4.69) is 12.2 Å². The van der Waals surface area contributed by atoms with Gasteiger partial charge in [0.15, 0.2) is 0 Å². The summed E-state index contributed by atoms with van der Waals surface area (Å²) in [5.74, 6) is 1.96. The highest BCUT2D eigenvalue weighted by atomic mass is 16.6. The van der Waals surface area contributed by atoms with Crippen molar-refractivity contribution in [2.45, 2.75) is 71.9 Å². The fraction of sp³-hybridized carbons (Fsp3) is 0.667. The van der Waals surface area contributed by atoms with E-state index in [1.165, 1.54) is 0 Å². The number of carbonyl (C=O) groups is 2. The summed E-state index contributed by atoms with van der Waals surface area (Å²) >= 11 is 0. The summed E-state index contributed by atoms with van der Waals surface area (Å²) in [4.78, 5) is 26.7. The lowest BCUT2D eigenvalue weighted by molar-refractivity contribution is -0.133. The molecule has 0 spiro atoms. The van der Waals surface area contributed by atoms with E-state index in [1.807, 2.05) is 56.9 Å². The fourth-order valence-corrected chi connectivity index (χ4v) is 3.69. The minimum Gasteiger partial charge on any atom is -0.494 e. The number of likely N-dealkylation sites (tertiary alicyclic amines) is 1. The summed E-state index contributed by atoms with van der Waals surface area (Å²) in [7, 11) is 0. The summed E-state index contributed by atoms with van der Waals surface area (Å²) in [6.45, 7) is 12.0. The molecule has 1 fully saturated rings. The van der Waals surface area contributed by atoms with E-state index < -0.39 is 5.60 Å². The Bertz CT molecular complexity index is 699. The highest BCUT2D eigenvalue weighted by Crippen LogP contribution is 2.22. The average Bonchev–Trinajstić information content (AvgIpc) is 2.71. The molecule has 1 heterocycles. The number of rotatable bonds is 9. The Morgan fingerprint density at radius 2 is 1.74 bits per heavy atom. The van der Waals surface area contributed by atoms with E-state index in [0.29, 0.717) is 39.1 Å². The summed E-state index contributed by atoms with van der Waals surface area (Å²) in [5.41, 5.74) is -0.518. The molecular weight excluding hydrogens is 396 g/mol. The third kappa shape index (κ3) is 8.67. The van der Waals surface area contributed by atoms with Gasteiger partial charge in [0.05, 0.1) is 13.2 Å². The topological polar surface area (TPSA) is 77.1 Å². The van der Waals surface area contributed by atoms with Crippen molar-refractivity contribution in [1.29, 1.82) is 0 Å². The first-order chi connectivity index (χ1) is 14.7. The largest absolute Gasteiger partial charge is 0.494 e. The number of nitrogens with zero attached hydrogens (tertiary/aromatic N) is 1. The third-order valence-electron chi connectivity index (χ3n) is 5.25. The number of hydrogen-bond acceptors (Lipinski definition) is 5. The molecule has 0 aliphatic carbocycles. The number of alkyl carbamates (subject to hydrolysis) is 1. The second-order valence-corrected chi connectivity index (χ2v) is 8.91. The smallest absolute Gasteiger partial charge is 0.407 e. The molecule has 7 heteroatoms. The molecule has 1 aliphatic heterocycles. The van der Waals surface area contributed by atoms with Gasteiger partial charge in [0.1, 0.15) is 17.1 Å². The lowest BCUT2D eigenvalue weighted by atomic mass is 9.89. The quantitative estimate of drug-likeness (QED) is 0.583. The monoisotopic (exact) mass is 434 g/mol. The molecule has 0 bridgehead atoms. The van der Waals surface area contributed by atoms with Gasteiger partial charge in [0.2, 0.25) is 5.91 Å². The molecule has 1 N–H and O–H groups in total. The molecule has 2 atom stereocenters. The number of hydrogen-bond donors (Lipinski definition) is 1. The highest BCUT2D eigenvalue weighted by Gasteiger charge is 2.32. The van der Waals surface area contributed by atoms with Crippen LogP contribution in [0.15, 0.2) is 24.3 Å². The maximum Gasteiger partial charge on any atom is 0.407 e. The average molecular weight is 435 g/mol. The van der Waals surface area contributed by atoms with Gasteiger partial charge < -0.3 is 24.4 Å². The van der Waals surface area contributed by atoms with Crippen LogP contribution in [0.1, 0.15) is 60.3 Å². The minimum atomic E-state index is -0.518. The molecule has 2 amide bonds. The van der Waals surface area contributed by atoms with Crippen molar-refractivity contribution in [3.8, 4) is 11.5 Å². The van der Waals surface area contributed by atoms with Gasteiger partial charge in [-0.05, 0) is 77.1 Å². The van der Waals surface area contributed by atoms with Crippen molar-refractivity contribution in [3.63, 3.8) is 0 Å². The molecule has 2 rings (SSSR count). The second-order valence-electron chi connectivity index (χ2n) is 8.91. The van der Waals surface area contributed by atoms with Crippen LogP contribution in [0.25, 0.3) is 0 Å². The molecule has 7 nitrogen and oxygen atoms in total. The van der Waals surface area contributed by atoms with Gasteiger partial charge in [-0.25, -0.2) is 4.79 Å². The number of carbonyl (C=O) groups excluding carboxylic acids is 2. The van der Waals surface area contributed by atoms with Crippen molar-refractivity contribution in [2.24, 2.45) is 5.92 Å². The Hall–Kier alpha value is -2.44. The normalized spacial score (nSPS) is 18.9. The van der Waals surface area contributed by atoms with Crippen LogP contribution in [0.3, 0.4) is 0 Å². The standard InChI is InChI=1S/C24H38N2O5/c1-6-18-17-26(15-14-21(18)25-23(28)31-24(3,4)5)22(27)9-8-16-30-20-12-10-19(11-13-20)29-7-2/h10-13,18,21H,6-9,14-17H2,1-5H3,(H,25,28)/t18-,21-/m0/s1. The van der Waals surface area contributed by atoms with Crippen molar-refractivity contribution >= 4 is 12.0 Å². The van der Waals surface area contributed by atoms with E-state index in [4.69, 9.17) is 14.2 Å². The zero-order valence-corrected chi connectivity index (χ0v) is 19.6. The van der Waals surface area contributed by atoms with Gasteiger partial charge in [-0.3, -0.25) is 4.79 Å². The molecule has 0 saturated carbocycles. The van der Waals surface area contributed by atoms with Crippen LogP contribution in [0.4, 0.5) is 4.79 Å². The van der Waals surface area contributed by atoms with E-state index >= 15 is 0 Å². The number of amides is 2. The maximum atomic E-state index is 12.6. The van der Waals surface area contributed by atoms with Crippen LogP contribution >= 0.6 is 0 Å². The van der Waals surface area contributed by atoms with Crippen LogP contribution in [-0.2, 0) is 9.53 Å². The van der Waals surface area contributed by atoms with Crippen molar-refractivity contribution < 1.29 is 23.8 Å². The molecule has 174 valence electrons. The van der Waals surface area contributed by atoms with Gasteiger partial charge >= 0.3 is 6.09 Å². The summed E-state index contributed by atoms with van der Waals surface area (Å²) < 4.78 is 16.5. The lowest BCUT2D eigenvalue weighted by Gasteiger charge is -2.38. The predicted molar refractivity (Wildman–Crippen MR) is 120 cm³/mol. The number of nitrogens with one attached hydrogen (secondary N) is 1. The Kier molecular flexibility index (Phi) is 9.46. The molecule has 1 aromatic carbocycles. The first-order valence-corrected chi connectivity index (χ1v) is 11.3. The maximum absolute atomic E-state index is 12.6. The molecule has 0 radical (unpaired) electrons. The number of benzene rings is 1. The zero-order valence-electron chi connectivity index (χ0n) is 19.6. The summed E-state index contributed by atoms with van der Waals surface area (Å²) in [5, 5.41) is 2.99. The highest BCUT2D eigenvalue weighted by molar-refractivity contribution is 5.76. The van der Waals surface area contributed by atoms with Crippen LogP contribution < -0.4 is 14.8 Å². The lowest BCUT2D eigenvalue weighted by Crippen LogP contribution is -2.53. The molecule has 1 aliphatic rings. The first-order valence-electron chi connectivity index (χ1n) is 11.3. The molecule has 0 aromatic heterocycles. The molecule has 31 heavy (non-hydrogen) atoms. The Balaban J connectivity index is 1.72. The summed E-state index contributed by atoms with van der Waals surface area (Å²) in [6.07, 6.45) is 2.37.